The number of nitrogens with one attached hydrogen (secondary N) is 1. The number of benzene rings is 1. The molecule has 0 saturated heterocycles. The highest BCUT2D eigenvalue weighted by molar-refractivity contribution is 6.29. The van der Waals surface area contributed by atoms with Crippen LogP contribution in [0.3, 0.4) is 0 Å². The third-order valence-electron chi connectivity index (χ3n) is 2.16. The number of aromatic amines is 1. The Morgan fingerprint density at radius 3 is 2.93 bits per heavy atom. The molecule has 2 rings (SSSR count). The van der Waals surface area contributed by atoms with Crippen molar-refractivity contribution in [3.05, 3.63) is 40.2 Å². The highest BCUT2D eigenvalue weighted by Crippen LogP contribution is 2.31. The van der Waals surface area contributed by atoms with Crippen LogP contribution >= 0.6 is 11.6 Å². The van der Waals surface area contributed by atoms with Crippen molar-refractivity contribution < 1.29 is 0 Å². The number of para-hydroxylation sites is 1. The first-order valence-corrected chi connectivity index (χ1v) is 4.54. The molecule has 1 aromatic carbocycles. The van der Waals surface area contributed by atoms with Gasteiger partial charge in [0.25, 0.3) is 0 Å². The number of rotatable bonds is 2. The van der Waals surface area contributed by atoms with E-state index in [-0.39, 0.29) is 0 Å². The Morgan fingerprint density at radius 1 is 1.50 bits per heavy atom. The van der Waals surface area contributed by atoms with Crippen molar-refractivity contribution in [2.75, 3.05) is 0 Å². The van der Waals surface area contributed by atoms with Crippen molar-refractivity contribution in [2.45, 2.75) is 6.92 Å². The second kappa shape index (κ2) is 3.42. The first-order chi connectivity index (χ1) is 6.74. The SMILES string of the molecule is C[C](Cl)c1c[nH]c2c(N=O)cccc12. The molecule has 0 bridgehead atoms. The molecule has 1 aromatic heterocycles. The Labute approximate surface area is 86.1 Å². The Hall–Kier alpha value is -1.35. The Morgan fingerprint density at radius 2 is 2.29 bits per heavy atom. The van der Waals surface area contributed by atoms with Crippen LogP contribution in [0.1, 0.15) is 12.5 Å². The molecule has 71 valence electrons. The summed E-state index contributed by atoms with van der Waals surface area (Å²) in [4.78, 5) is 13.5. The molecule has 0 unspecified atom stereocenters. The lowest BCUT2D eigenvalue weighted by Gasteiger charge is -1.98. The Balaban J connectivity index is 2.75. The van der Waals surface area contributed by atoms with Gasteiger partial charge in [-0.05, 0) is 18.2 Å². The van der Waals surface area contributed by atoms with Crippen LogP contribution in [0.2, 0.25) is 0 Å². The van der Waals surface area contributed by atoms with E-state index < -0.39 is 0 Å². The minimum Gasteiger partial charge on any atom is -0.359 e. The van der Waals surface area contributed by atoms with Gasteiger partial charge in [-0.2, -0.15) is 0 Å². The van der Waals surface area contributed by atoms with E-state index in [0.29, 0.717) is 11.1 Å². The van der Waals surface area contributed by atoms with Gasteiger partial charge in [0.2, 0.25) is 0 Å². The maximum absolute atomic E-state index is 10.5. The van der Waals surface area contributed by atoms with E-state index in [1.165, 1.54) is 0 Å². The average molecular weight is 208 g/mol. The maximum Gasteiger partial charge on any atom is 0.132 e. The van der Waals surface area contributed by atoms with Gasteiger partial charge in [-0.1, -0.05) is 12.1 Å². The summed E-state index contributed by atoms with van der Waals surface area (Å²) < 4.78 is 0. The summed E-state index contributed by atoms with van der Waals surface area (Å²) >= 11 is 5.91. The molecule has 1 radical (unpaired) electrons. The lowest BCUT2D eigenvalue weighted by Crippen LogP contribution is -1.80. The van der Waals surface area contributed by atoms with Gasteiger partial charge in [0.1, 0.15) is 5.69 Å². The normalized spacial score (nSPS) is 11.1. The van der Waals surface area contributed by atoms with Crippen molar-refractivity contribution in [1.82, 2.24) is 4.98 Å². The number of halogens is 1. The van der Waals surface area contributed by atoms with E-state index >= 15 is 0 Å². The molecule has 3 nitrogen and oxygen atoms in total. The molecule has 4 heteroatoms. The lowest BCUT2D eigenvalue weighted by atomic mass is 10.1. The average Bonchev–Trinajstić information content (AvgIpc) is 2.60. The summed E-state index contributed by atoms with van der Waals surface area (Å²) in [7, 11) is 0. The number of H-pyrrole nitrogens is 1. The van der Waals surface area contributed by atoms with Gasteiger partial charge >= 0.3 is 0 Å². The van der Waals surface area contributed by atoms with Gasteiger partial charge in [-0.3, -0.25) is 0 Å². The summed E-state index contributed by atoms with van der Waals surface area (Å²) in [6.07, 6.45) is 1.78. The molecule has 14 heavy (non-hydrogen) atoms. The number of fused-ring (bicyclic) bond motifs is 1. The molecule has 0 atom stereocenters. The molecule has 1 heterocycles. The highest BCUT2D eigenvalue weighted by Gasteiger charge is 2.11. The minimum atomic E-state index is 0.409. The van der Waals surface area contributed by atoms with Crippen molar-refractivity contribution in [3.8, 4) is 0 Å². The lowest BCUT2D eigenvalue weighted by molar-refractivity contribution is 1.36. The van der Waals surface area contributed by atoms with Crippen LogP contribution in [0.4, 0.5) is 5.69 Å². The summed E-state index contributed by atoms with van der Waals surface area (Å²) in [5.41, 5.74) is 2.05. The number of nitrogens with zero attached hydrogens (tertiary/aromatic N) is 1. The van der Waals surface area contributed by atoms with Gasteiger partial charge in [0, 0.05) is 17.1 Å². The number of hydrogen-bond acceptors (Lipinski definition) is 2. The summed E-state index contributed by atoms with van der Waals surface area (Å²) in [5.74, 6) is 0. The third-order valence-corrected chi connectivity index (χ3v) is 2.37. The fraction of sp³-hybridized carbons (Fsp3) is 0.100. The van der Waals surface area contributed by atoms with Gasteiger partial charge in [0.15, 0.2) is 0 Å². The second-order valence-corrected chi connectivity index (χ2v) is 3.59. The maximum atomic E-state index is 10.5. The molecule has 0 fully saturated rings. The van der Waals surface area contributed by atoms with Crippen LogP contribution < -0.4 is 0 Å². The van der Waals surface area contributed by atoms with Gasteiger partial charge in [0.05, 0.1) is 10.9 Å². The van der Waals surface area contributed by atoms with Gasteiger partial charge in [-0.25, -0.2) is 0 Å². The zero-order chi connectivity index (χ0) is 10.1. The molecule has 2 aromatic rings. The van der Waals surface area contributed by atoms with Crippen LogP contribution in [0, 0.1) is 10.3 Å². The highest BCUT2D eigenvalue weighted by atomic mass is 35.5. The van der Waals surface area contributed by atoms with E-state index in [0.717, 1.165) is 16.5 Å². The topological polar surface area (TPSA) is 45.2 Å². The summed E-state index contributed by atoms with van der Waals surface area (Å²) in [5, 5.41) is 4.56. The third kappa shape index (κ3) is 1.30. The largest absolute Gasteiger partial charge is 0.359 e. The van der Waals surface area contributed by atoms with E-state index in [1.807, 2.05) is 13.0 Å². The van der Waals surface area contributed by atoms with Crippen LogP contribution in [0.25, 0.3) is 10.9 Å². The monoisotopic (exact) mass is 207 g/mol. The van der Waals surface area contributed by atoms with E-state index in [1.54, 1.807) is 18.3 Å². The minimum absolute atomic E-state index is 0.409. The zero-order valence-electron chi connectivity index (χ0n) is 7.54. The standard InChI is InChI=1S/C10H8ClN2O/c1-6(11)8-5-12-10-7(8)3-2-4-9(10)13-14/h2-5,12H,1H3. The molecule has 0 aliphatic carbocycles. The molecule has 0 saturated carbocycles. The van der Waals surface area contributed by atoms with E-state index in [2.05, 4.69) is 10.2 Å². The Kier molecular flexibility index (Phi) is 2.25. The van der Waals surface area contributed by atoms with Crippen LogP contribution in [-0.2, 0) is 0 Å². The zero-order valence-corrected chi connectivity index (χ0v) is 8.30. The van der Waals surface area contributed by atoms with Gasteiger partial charge < -0.3 is 4.98 Å². The molecular formula is C10H8ClN2O. The quantitative estimate of drug-likeness (QED) is 0.750. The fourth-order valence-electron chi connectivity index (χ4n) is 1.50. The smallest absolute Gasteiger partial charge is 0.132 e. The number of hydrogen-bond donors (Lipinski definition) is 1. The number of nitroso groups, excluding NO2 is 1. The van der Waals surface area contributed by atoms with Crippen molar-refractivity contribution in [3.63, 3.8) is 0 Å². The second-order valence-electron chi connectivity index (χ2n) is 3.03. The molecule has 0 spiro atoms. The predicted octanol–water partition coefficient (Wildman–Crippen LogP) is 3.70. The molecule has 1 N–H and O–H groups in total. The van der Waals surface area contributed by atoms with Crippen LogP contribution in [0.5, 0.6) is 0 Å². The first kappa shape index (κ1) is 9.21. The summed E-state index contributed by atoms with van der Waals surface area (Å²) in [6.45, 7) is 1.81. The van der Waals surface area contributed by atoms with Crippen molar-refractivity contribution >= 4 is 28.2 Å². The number of aromatic nitrogens is 1. The molecule has 0 aliphatic heterocycles. The van der Waals surface area contributed by atoms with E-state index in [9.17, 15) is 4.91 Å². The summed E-state index contributed by atoms with van der Waals surface area (Å²) in [6, 6.07) is 5.36. The fourth-order valence-corrected chi connectivity index (χ4v) is 1.66. The predicted molar refractivity (Wildman–Crippen MR) is 57.6 cm³/mol. The first-order valence-electron chi connectivity index (χ1n) is 4.17. The Bertz CT molecular complexity index is 476. The molecular weight excluding hydrogens is 200 g/mol. The molecule has 0 amide bonds. The molecule has 0 aliphatic rings. The van der Waals surface area contributed by atoms with E-state index in [4.69, 9.17) is 11.6 Å². The van der Waals surface area contributed by atoms with Crippen molar-refractivity contribution in [2.24, 2.45) is 5.18 Å². The van der Waals surface area contributed by atoms with Crippen molar-refractivity contribution in [1.29, 1.82) is 0 Å². The van der Waals surface area contributed by atoms with Gasteiger partial charge in [-0.15, -0.1) is 16.5 Å². The van der Waals surface area contributed by atoms with Crippen LogP contribution in [0.15, 0.2) is 29.6 Å². The van der Waals surface area contributed by atoms with Crippen LogP contribution in [-0.4, -0.2) is 4.98 Å².